The fourth-order valence-corrected chi connectivity index (χ4v) is 6.64. The van der Waals surface area contributed by atoms with Crippen molar-refractivity contribution in [2.45, 2.75) is 60.8 Å². The lowest BCUT2D eigenvalue weighted by Gasteiger charge is -2.22. The van der Waals surface area contributed by atoms with Gasteiger partial charge in [-0.05, 0) is 65.8 Å². The molecule has 12 heteroatoms. The molecule has 10 nitrogen and oxygen atoms in total. The van der Waals surface area contributed by atoms with Crippen molar-refractivity contribution in [3.05, 3.63) is 81.9 Å². The number of ketones is 2. The zero-order valence-electron chi connectivity index (χ0n) is 22.8. The third-order valence-electron chi connectivity index (χ3n) is 6.31. The molecule has 0 atom stereocenters. The van der Waals surface area contributed by atoms with Crippen LogP contribution >= 0.6 is 0 Å². The maximum Gasteiger partial charge on any atom is 0.362 e. The van der Waals surface area contributed by atoms with Crippen molar-refractivity contribution in [2.24, 2.45) is 0 Å². The number of hydrogen-bond donors (Lipinski definition) is 0. The Morgan fingerprint density at radius 1 is 0.575 bits per heavy atom. The molecule has 2 aliphatic carbocycles. The molecule has 0 saturated carbocycles. The van der Waals surface area contributed by atoms with Crippen molar-refractivity contribution in [2.75, 3.05) is 0 Å². The minimum absolute atomic E-state index is 0.109. The van der Waals surface area contributed by atoms with Crippen LogP contribution in [-0.4, -0.2) is 58.9 Å². The maximum absolute atomic E-state index is 12.6. The molecule has 40 heavy (non-hydrogen) atoms. The van der Waals surface area contributed by atoms with Crippen LogP contribution < -0.4 is 0 Å². The molecule has 0 spiro atoms. The van der Waals surface area contributed by atoms with E-state index in [9.17, 15) is 26.4 Å². The van der Waals surface area contributed by atoms with Crippen molar-refractivity contribution in [3.63, 3.8) is 0 Å². The van der Waals surface area contributed by atoms with Crippen LogP contribution in [0.3, 0.4) is 0 Å². The predicted octanol–water partition coefficient (Wildman–Crippen LogP) is 4.28. The Labute approximate surface area is 233 Å². The number of nitrogens with zero attached hydrogens (tertiary/aromatic N) is 4. The molecule has 208 valence electrons. The van der Waals surface area contributed by atoms with Gasteiger partial charge in [-0.3, -0.25) is 9.59 Å². The molecule has 0 aromatic heterocycles. The molecule has 2 aliphatic rings. The second kappa shape index (κ2) is 10.5. The van der Waals surface area contributed by atoms with Crippen molar-refractivity contribution in [1.82, 2.24) is 0 Å². The van der Waals surface area contributed by atoms with E-state index < -0.39 is 40.7 Å². The number of hydrogen-bond acceptors (Lipinski definition) is 6. The highest BCUT2D eigenvalue weighted by Gasteiger charge is 2.37. The number of allylic oxidation sites excluding steroid dienone is 2. The van der Waals surface area contributed by atoms with E-state index in [1.165, 1.54) is 60.7 Å². The second-order valence-electron chi connectivity index (χ2n) is 11.0. The van der Waals surface area contributed by atoms with Gasteiger partial charge in [-0.2, -0.15) is 9.58 Å². The Morgan fingerprint density at radius 3 is 1.18 bits per heavy atom. The first-order valence-electron chi connectivity index (χ1n) is 12.0. The number of rotatable bonds is 2. The number of sulfone groups is 2. The smallest absolute Gasteiger partial charge is 0.361 e. The van der Waals surface area contributed by atoms with E-state index in [4.69, 9.17) is 11.1 Å². The minimum atomic E-state index is -3.57. The van der Waals surface area contributed by atoms with E-state index in [0.717, 1.165) is 0 Å². The Hall–Kier alpha value is -4.08. The topological polar surface area (TPSA) is 175 Å². The fraction of sp³-hybridized carbons (Fsp3) is 0.286. The van der Waals surface area contributed by atoms with Crippen LogP contribution in [0, 0.1) is 0 Å². The van der Waals surface area contributed by atoms with Crippen LogP contribution in [0.5, 0.6) is 0 Å². The highest BCUT2D eigenvalue weighted by Crippen LogP contribution is 2.33. The summed E-state index contributed by atoms with van der Waals surface area (Å²) in [6.07, 6.45) is 5.60. The molecule has 0 unspecified atom stereocenters. The summed E-state index contributed by atoms with van der Waals surface area (Å²) in [7, 11) is -7.14. The lowest BCUT2D eigenvalue weighted by atomic mass is 9.95. The Kier molecular flexibility index (Phi) is 7.98. The summed E-state index contributed by atoms with van der Waals surface area (Å²) in [5, 5.41) is 0. The average Bonchev–Trinajstić information content (AvgIpc) is 2.87. The zero-order chi connectivity index (χ0) is 30.3. The first-order valence-corrected chi connectivity index (χ1v) is 15.0. The van der Waals surface area contributed by atoms with E-state index in [1.807, 2.05) is 0 Å². The molecule has 0 bridgehead atoms. The van der Waals surface area contributed by atoms with Crippen LogP contribution in [0.15, 0.2) is 58.3 Å². The molecule has 0 saturated heterocycles. The lowest BCUT2D eigenvalue weighted by Crippen LogP contribution is -2.29. The van der Waals surface area contributed by atoms with Gasteiger partial charge in [0.25, 0.3) is 11.6 Å². The highest BCUT2D eigenvalue weighted by molar-refractivity contribution is 7.93. The number of carbonyl (C=O) groups excluding carboxylic acids is 2. The average molecular weight is 581 g/mol. The van der Waals surface area contributed by atoms with Gasteiger partial charge in [0.2, 0.25) is 0 Å². The van der Waals surface area contributed by atoms with Crippen LogP contribution in [0.2, 0.25) is 0 Å². The van der Waals surface area contributed by atoms with Crippen LogP contribution in [0.1, 0.15) is 73.4 Å². The van der Waals surface area contributed by atoms with E-state index in [0.29, 0.717) is 11.1 Å². The van der Waals surface area contributed by atoms with Gasteiger partial charge in [0, 0.05) is 34.4 Å². The van der Waals surface area contributed by atoms with Gasteiger partial charge in [0.05, 0.1) is 19.3 Å². The second-order valence-corrected chi connectivity index (χ2v) is 16.3. The number of fused-ring (bicyclic) bond motifs is 2. The maximum atomic E-state index is 12.6. The monoisotopic (exact) mass is 580 g/mol. The molecular weight excluding hydrogens is 552 g/mol. The molecule has 0 N–H and O–H groups in total. The molecule has 0 fully saturated rings. The van der Waals surface area contributed by atoms with Crippen molar-refractivity contribution >= 4 is 54.8 Å². The summed E-state index contributed by atoms with van der Waals surface area (Å²) < 4.78 is 48.3. The molecule has 0 heterocycles. The van der Waals surface area contributed by atoms with Gasteiger partial charge in [0.15, 0.2) is 19.7 Å². The van der Waals surface area contributed by atoms with Crippen LogP contribution in [0.4, 0.5) is 0 Å². The first kappa shape index (κ1) is 30.5. The summed E-state index contributed by atoms with van der Waals surface area (Å²) in [6.45, 7) is 9.65. The third-order valence-corrected chi connectivity index (χ3v) is 11.4. The Balaban J connectivity index is 0.000000220. The normalized spacial score (nSPS) is 14.9. The molecule has 0 radical (unpaired) electrons. The van der Waals surface area contributed by atoms with Crippen molar-refractivity contribution in [1.29, 1.82) is 0 Å². The predicted molar refractivity (Wildman–Crippen MR) is 151 cm³/mol. The zero-order valence-corrected chi connectivity index (χ0v) is 24.5. The van der Waals surface area contributed by atoms with Gasteiger partial charge < -0.3 is 11.1 Å². The van der Waals surface area contributed by atoms with E-state index in [-0.39, 0.29) is 32.3 Å². The van der Waals surface area contributed by atoms with Gasteiger partial charge in [-0.25, -0.2) is 16.8 Å². The molecular formula is C28H28N4O6S2. The van der Waals surface area contributed by atoms with Crippen LogP contribution in [0.25, 0.3) is 23.2 Å². The quantitative estimate of drug-likeness (QED) is 0.378. The van der Waals surface area contributed by atoms with E-state index in [2.05, 4.69) is 9.58 Å². The molecule has 4 rings (SSSR count). The molecule has 0 amide bonds. The largest absolute Gasteiger partial charge is 0.362 e. The van der Waals surface area contributed by atoms with Gasteiger partial charge in [-0.15, -0.1) is 0 Å². The summed E-state index contributed by atoms with van der Waals surface area (Å²) in [5.41, 5.74) is 18.4. The molecule has 0 aliphatic heterocycles. The van der Waals surface area contributed by atoms with Crippen molar-refractivity contribution in [3.8, 4) is 0 Å². The molecule has 2 aromatic carbocycles. The van der Waals surface area contributed by atoms with Gasteiger partial charge in [0.1, 0.15) is 0 Å². The Bertz CT molecular complexity index is 1690. The highest BCUT2D eigenvalue weighted by atomic mass is 32.2. The summed E-state index contributed by atoms with van der Waals surface area (Å²) in [6, 6.07) is 9.05. The minimum Gasteiger partial charge on any atom is -0.361 e. The lowest BCUT2D eigenvalue weighted by molar-refractivity contribution is -0.00459. The SMILES string of the molecule is CC(C)(C)S(=O)(=O)c1cccc2c1C=CC(=[N+]=[N-])C2=O.CC(C)(C)S(=O)(=O)c1cccc2c1C=CC(=[N+]=[N-])C2=O. The fourth-order valence-electron chi connectivity index (χ4n) is 3.87. The van der Waals surface area contributed by atoms with Crippen LogP contribution in [-0.2, 0) is 19.7 Å². The van der Waals surface area contributed by atoms with Gasteiger partial charge >= 0.3 is 11.4 Å². The molecule has 2 aromatic rings. The van der Waals surface area contributed by atoms with Gasteiger partial charge in [-0.1, -0.05) is 24.3 Å². The first-order chi connectivity index (χ1) is 18.4. The Morgan fingerprint density at radius 2 is 0.900 bits per heavy atom. The summed E-state index contributed by atoms with van der Waals surface area (Å²) in [4.78, 5) is 30.1. The number of Topliss-reactive ketones (excluding diaryl/α,β-unsaturated/α-hetero) is 2. The number of carbonyl (C=O) groups is 2. The van der Waals surface area contributed by atoms with Crippen molar-refractivity contribution < 1.29 is 36.0 Å². The van der Waals surface area contributed by atoms with E-state index >= 15 is 0 Å². The summed E-state index contributed by atoms with van der Waals surface area (Å²) >= 11 is 0. The third kappa shape index (κ3) is 5.22. The summed E-state index contributed by atoms with van der Waals surface area (Å²) in [5.74, 6) is -0.980. The van der Waals surface area contributed by atoms with E-state index in [1.54, 1.807) is 41.5 Å². The number of benzene rings is 2. The standard InChI is InChI=1S/2C14H14N2O3S/c2*1-14(2,3)20(18,19)12-6-4-5-10-9(12)7-8-11(16-15)13(10)17/h2*4-8H,1-3H3.